The molecule has 2 rings (SSSR count). The number of rotatable bonds is 2. The van der Waals surface area contributed by atoms with E-state index < -0.39 is 0 Å². The van der Waals surface area contributed by atoms with E-state index in [0.717, 1.165) is 10.4 Å². The summed E-state index contributed by atoms with van der Waals surface area (Å²) in [6.45, 7) is 0. The molecule has 0 fully saturated rings. The zero-order chi connectivity index (χ0) is 10.8. The number of nitrogens with zero attached hydrogens (tertiary/aromatic N) is 3. The van der Waals surface area contributed by atoms with Crippen molar-refractivity contribution in [1.82, 2.24) is 15.0 Å². The maximum atomic E-state index is 9.89. The summed E-state index contributed by atoms with van der Waals surface area (Å²) in [5.41, 5.74) is 0.564. The van der Waals surface area contributed by atoms with E-state index in [9.17, 15) is 5.11 Å². The molecule has 2 aromatic rings. The van der Waals surface area contributed by atoms with E-state index in [1.807, 2.05) is 12.5 Å². The number of thioether (sulfide) groups is 2. The second kappa shape index (κ2) is 4.24. The van der Waals surface area contributed by atoms with Gasteiger partial charge in [-0.2, -0.15) is 0 Å². The molecule has 0 aromatic carbocycles. The Labute approximate surface area is 95.5 Å². The minimum absolute atomic E-state index is 0.137. The Morgan fingerprint density at radius 3 is 2.60 bits per heavy atom. The highest BCUT2D eigenvalue weighted by Crippen LogP contribution is 2.35. The fraction of sp³-hybridized carbons (Fsp3) is 0.222. The van der Waals surface area contributed by atoms with Crippen LogP contribution >= 0.6 is 23.5 Å². The number of aromatic hydroxyl groups is 1. The number of hydrogen-bond donors (Lipinski definition) is 1. The standard InChI is InChI=1S/C9H9N3OS2/c1-14-8-5-3-10-4-11-6(5)7(13)9(12-8)15-2/h3-4,13H,1-2H3. The molecule has 6 heteroatoms. The van der Waals surface area contributed by atoms with Gasteiger partial charge in [0.15, 0.2) is 5.75 Å². The molecule has 0 atom stereocenters. The van der Waals surface area contributed by atoms with Crippen molar-refractivity contribution in [2.24, 2.45) is 0 Å². The Morgan fingerprint density at radius 2 is 1.93 bits per heavy atom. The average Bonchev–Trinajstić information content (AvgIpc) is 2.30. The first-order valence-electron chi connectivity index (χ1n) is 4.18. The maximum Gasteiger partial charge on any atom is 0.174 e. The van der Waals surface area contributed by atoms with Gasteiger partial charge < -0.3 is 5.11 Å². The molecule has 78 valence electrons. The highest BCUT2D eigenvalue weighted by molar-refractivity contribution is 7.99. The van der Waals surface area contributed by atoms with Crippen molar-refractivity contribution in [3.63, 3.8) is 0 Å². The first-order chi connectivity index (χ1) is 7.27. The van der Waals surface area contributed by atoms with Crippen molar-refractivity contribution >= 4 is 34.4 Å². The van der Waals surface area contributed by atoms with Crippen LogP contribution in [0.2, 0.25) is 0 Å². The van der Waals surface area contributed by atoms with E-state index in [1.54, 1.807) is 6.20 Å². The van der Waals surface area contributed by atoms with Gasteiger partial charge in [0.25, 0.3) is 0 Å². The molecule has 4 nitrogen and oxygen atoms in total. The zero-order valence-electron chi connectivity index (χ0n) is 8.26. The normalized spacial score (nSPS) is 10.8. The summed E-state index contributed by atoms with van der Waals surface area (Å²) >= 11 is 2.93. The molecular weight excluding hydrogens is 230 g/mol. The van der Waals surface area contributed by atoms with Gasteiger partial charge in [-0.15, -0.1) is 23.5 Å². The van der Waals surface area contributed by atoms with Crippen molar-refractivity contribution in [3.05, 3.63) is 12.5 Å². The van der Waals surface area contributed by atoms with E-state index in [2.05, 4.69) is 15.0 Å². The van der Waals surface area contributed by atoms with E-state index in [0.29, 0.717) is 10.5 Å². The molecule has 0 amide bonds. The van der Waals surface area contributed by atoms with Crippen LogP contribution in [0.15, 0.2) is 22.6 Å². The lowest BCUT2D eigenvalue weighted by Gasteiger charge is -2.07. The molecule has 0 aliphatic rings. The largest absolute Gasteiger partial charge is 0.503 e. The quantitative estimate of drug-likeness (QED) is 0.810. The molecule has 1 N–H and O–H groups in total. The highest BCUT2D eigenvalue weighted by Gasteiger charge is 2.12. The maximum absolute atomic E-state index is 9.89. The average molecular weight is 239 g/mol. The molecule has 0 unspecified atom stereocenters. The number of pyridine rings is 1. The van der Waals surface area contributed by atoms with Crippen molar-refractivity contribution < 1.29 is 5.11 Å². The van der Waals surface area contributed by atoms with E-state index in [4.69, 9.17) is 0 Å². The van der Waals surface area contributed by atoms with Gasteiger partial charge in [0.1, 0.15) is 21.9 Å². The summed E-state index contributed by atoms with van der Waals surface area (Å²) in [7, 11) is 0. The first-order valence-corrected chi connectivity index (χ1v) is 6.63. The van der Waals surface area contributed by atoms with E-state index >= 15 is 0 Å². The van der Waals surface area contributed by atoms with Gasteiger partial charge in [-0.1, -0.05) is 0 Å². The van der Waals surface area contributed by atoms with Crippen LogP contribution < -0.4 is 0 Å². The summed E-state index contributed by atoms with van der Waals surface area (Å²) < 4.78 is 0. The van der Waals surface area contributed by atoms with Crippen LogP contribution in [0.5, 0.6) is 5.75 Å². The van der Waals surface area contributed by atoms with Crippen molar-refractivity contribution in [3.8, 4) is 5.75 Å². The van der Waals surface area contributed by atoms with Gasteiger partial charge >= 0.3 is 0 Å². The fourth-order valence-electron chi connectivity index (χ4n) is 1.28. The smallest absolute Gasteiger partial charge is 0.174 e. The summed E-state index contributed by atoms with van der Waals surface area (Å²) in [5.74, 6) is 0.137. The Balaban J connectivity index is 2.84. The molecular formula is C9H9N3OS2. The Kier molecular flexibility index (Phi) is 2.97. The van der Waals surface area contributed by atoms with E-state index in [-0.39, 0.29) is 5.75 Å². The summed E-state index contributed by atoms with van der Waals surface area (Å²) in [6, 6.07) is 0. The lowest BCUT2D eigenvalue weighted by molar-refractivity contribution is 0.461. The third-order valence-electron chi connectivity index (χ3n) is 1.96. The van der Waals surface area contributed by atoms with E-state index in [1.165, 1.54) is 29.9 Å². The zero-order valence-corrected chi connectivity index (χ0v) is 9.89. The van der Waals surface area contributed by atoms with Crippen LogP contribution in [0, 0.1) is 0 Å². The molecule has 2 aromatic heterocycles. The topological polar surface area (TPSA) is 58.9 Å². The van der Waals surface area contributed by atoms with Gasteiger partial charge in [0, 0.05) is 6.20 Å². The first kappa shape index (κ1) is 10.5. The second-order valence-corrected chi connectivity index (χ2v) is 4.35. The van der Waals surface area contributed by atoms with Crippen LogP contribution in [0.3, 0.4) is 0 Å². The highest BCUT2D eigenvalue weighted by atomic mass is 32.2. The molecule has 0 saturated heterocycles. The second-order valence-electron chi connectivity index (χ2n) is 2.76. The van der Waals surface area contributed by atoms with Crippen LogP contribution in [-0.4, -0.2) is 32.6 Å². The predicted octanol–water partition coefficient (Wildman–Crippen LogP) is 2.17. The molecule has 0 radical (unpaired) electrons. The third-order valence-corrected chi connectivity index (χ3v) is 3.33. The molecule has 2 heterocycles. The fourth-order valence-corrected chi connectivity index (χ4v) is 2.36. The van der Waals surface area contributed by atoms with Crippen molar-refractivity contribution in [1.29, 1.82) is 0 Å². The minimum Gasteiger partial charge on any atom is -0.503 e. The SMILES string of the molecule is CSc1nc(SC)c2cncnc2c1O. The summed E-state index contributed by atoms with van der Waals surface area (Å²) in [5, 5.41) is 12.1. The Morgan fingerprint density at radius 1 is 1.20 bits per heavy atom. The van der Waals surface area contributed by atoms with Crippen molar-refractivity contribution in [2.45, 2.75) is 10.1 Å². The van der Waals surface area contributed by atoms with Gasteiger partial charge in [-0.3, -0.25) is 0 Å². The molecule has 0 spiro atoms. The number of fused-ring (bicyclic) bond motifs is 1. The summed E-state index contributed by atoms with van der Waals surface area (Å²) in [4.78, 5) is 12.3. The van der Waals surface area contributed by atoms with Crippen LogP contribution in [0.25, 0.3) is 10.9 Å². The summed E-state index contributed by atoms with van der Waals surface area (Å²) in [6.07, 6.45) is 6.91. The molecule has 0 bridgehead atoms. The minimum atomic E-state index is 0.137. The lowest BCUT2D eigenvalue weighted by Crippen LogP contribution is -1.91. The predicted molar refractivity (Wildman–Crippen MR) is 62.6 cm³/mol. The molecule has 0 aliphatic heterocycles. The van der Waals surface area contributed by atoms with Gasteiger partial charge in [0.05, 0.1) is 5.39 Å². The molecule has 15 heavy (non-hydrogen) atoms. The number of aromatic nitrogens is 3. The van der Waals surface area contributed by atoms with Gasteiger partial charge in [-0.25, -0.2) is 15.0 Å². The third kappa shape index (κ3) is 1.74. The molecule has 0 saturated carbocycles. The Hall–Kier alpha value is -1.01. The van der Waals surface area contributed by atoms with Crippen LogP contribution in [-0.2, 0) is 0 Å². The van der Waals surface area contributed by atoms with Crippen molar-refractivity contribution in [2.75, 3.05) is 12.5 Å². The van der Waals surface area contributed by atoms with Gasteiger partial charge in [-0.05, 0) is 12.5 Å². The monoisotopic (exact) mass is 239 g/mol. The number of hydrogen-bond acceptors (Lipinski definition) is 6. The molecule has 0 aliphatic carbocycles. The Bertz CT molecular complexity index is 504. The van der Waals surface area contributed by atoms with Crippen LogP contribution in [0.1, 0.15) is 0 Å². The van der Waals surface area contributed by atoms with Crippen LogP contribution in [0.4, 0.5) is 0 Å². The van der Waals surface area contributed by atoms with Gasteiger partial charge in [0.2, 0.25) is 0 Å². The lowest BCUT2D eigenvalue weighted by atomic mass is 10.3.